The first-order chi connectivity index (χ1) is 7.14. The van der Waals surface area contributed by atoms with Crippen LogP contribution in [0.4, 0.5) is 0 Å². The van der Waals surface area contributed by atoms with E-state index >= 15 is 0 Å². The molecule has 0 saturated heterocycles. The fourth-order valence-electron chi connectivity index (χ4n) is 1.36. The van der Waals surface area contributed by atoms with Crippen LogP contribution in [0, 0.1) is 0 Å². The van der Waals surface area contributed by atoms with E-state index in [1.807, 2.05) is 36.4 Å². The highest BCUT2D eigenvalue weighted by atomic mass is 16.3. The monoisotopic (exact) mass is 206 g/mol. The summed E-state index contributed by atoms with van der Waals surface area (Å²) in [6.07, 6.45) is 4.87. The molecule has 0 aromatic heterocycles. The van der Waals surface area contributed by atoms with Crippen LogP contribution in [0.15, 0.2) is 36.4 Å². The molecule has 0 radical (unpaired) electrons. The summed E-state index contributed by atoms with van der Waals surface area (Å²) in [7, 11) is 0. The van der Waals surface area contributed by atoms with E-state index in [0.717, 1.165) is 5.56 Å². The van der Waals surface area contributed by atoms with Gasteiger partial charge < -0.3 is 10.2 Å². The second-order valence-electron chi connectivity index (χ2n) is 3.93. The molecule has 0 fully saturated rings. The number of aliphatic hydroxyl groups is 2. The summed E-state index contributed by atoms with van der Waals surface area (Å²) in [4.78, 5) is 0. The third-order valence-electron chi connectivity index (χ3n) is 2.28. The average molecular weight is 206 g/mol. The molecule has 1 unspecified atom stereocenters. The Morgan fingerprint density at radius 2 is 1.93 bits per heavy atom. The Bertz CT molecular complexity index is 302. The van der Waals surface area contributed by atoms with Crippen LogP contribution >= 0.6 is 0 Å². The van der Waals surface area contributed by atoms with Gasteiger partial charge in [-0.15, -0.1) is 0 Å². The van der Waals surface area contributed by atoms with Crippen LogP contribution in [0.25, 0.3) is 6.08 Å². The first-order valence-corrected chi connectivity index (χ1v) is 5.21. The zero-order chi connectivity index (χ0) is 11.1. The van der Waals surface area contributed by atoms with Gasteiger partial charge in [0.1, 0.15) is 0 Å². The molecule has 0 amide bonds. The quantitative estimate of drug-likeness (QED) is 0.775. The Kier molecular flexibility index (Phi) is 4.53. The molecule has 1 aromatic carbocycles. The van der Waals surface area contributed by atoms with Crippen LogP contribution < -0.4 is 0 Å². The van der Waals surface area contributed by atoms with Gasteiger partial charge in [-0.05, 0) is 25.3 Å². The SMILES string of the molecule is CC(O)(/C=C/c1ccccc1)CCCO. The van der Waals surface area contributed by atoms with Gasteiger partial charge in [0.25, 0.3) is 0 Å². The number of hydrogen-bond donors (Lipinski definition) is 2. The molecule has 2 N–H and O–H groups in total. The second kappa shape index (κ2) is 5.69. The Balaban J connectivity index is 2.56. The lowest BCUT2D eigenvalue weighted by Gasteiger charge is -2.17. The summed E-state index contributed by atoms with van der Waals surface area (Å²) >= 11 is 0. The van der Waals surface area contributed by atoms with Crippen LogP contribution in [-0.2, 0) is 0 Å². The van der Waals surface area contributed by atoms with E-state index in [0.29, 0.717) is 12.8 Å². The molecule has 0 aliphatic carbocycles. The third kappa shape index (κ3) is 4.77. The molecule has 0 heterocycles. The summed E-state index contributed by atoms with van der Waals surface area (Å²) in [5, 5.41) is 18.6. The first kappa shape index (κ1) is 12.0. The Labute approximate surface area is 90.9 Å². The molecule has 82 valence electrons. The molecule has 0 saturated carbocycles. The fourth-order valence-corrected chi connectivity index (χ4v) is 1.36. The zero-order valence-electron chi connectivity index (χ0n) is 9.06. The van der Waals surface area contributed by atoms with Crippen LogP contribution in [0.5, 0.6) is 0 Å². The minimum absolute atomic E-state index is 0.120. The van der Waals surface area contributed by atoms with E-state index in [1.54, 1.807) is 13.0 Å². The summed E-state index contributed by atoms with van der Waals surface area (Å²) in [6, 6.07) is 9.85. The summed E-state index contributed by atoms with van der Waals surface area (Å²) in [5.41, 5.74) is 0.236. The standard InChI is InChI=1S/C13H18O2/c1-13(15,9-5-11-14)10-8-12-6-3-2-4-7-12/h2-4,6-8,10,14-15H,5,9,11H2,1H3/b10-8+. The van der Waals surface area contributed by atoms with Crippen LogP contribution in [0.1, 0.15) is 25.3 Å². The maximum atomic E-state index is 9.91. The van der Waals surface area contributed by atoms with Crippen molar-refractivity contribution in [3.63, 3.8) is 0 Å². The number of benzene rings is 1. The van der Waals surface area contributed by atoms with Crippen LogP contribution in [-0.4, -0.2) is 22.4 Å². The van der Waals surface area contributed by atoms with Crippen molar-refractivity contribution < 1.29 is 10.2 Å². The molecule has 15 heavy (non-hydrogen) atoms. The number of rotatable bonds is 5. The molecule has 2 heteroatoms. The number of hydrogen-bond acceptors (Lipinski definition) is 2. The van der Waals surface area contributed by atoms with Crippen molar-refractivity contribution in [2.45, 2.75) is 25.4 Å². The van der Waals surface area contributed by atoms with Gasteiger partial charge in [0.15, 0.2) is 0 Å². The minimum atomic E-state index is -0.835. The van der Waals surface area contributed by atoms with Gasteiger partial charge in [-0.25, -0.2) is 0 Å². The molecule has 1 aromatic rings. The van der Waals surface area contributed by atoms with Crippen molar-refractivity contribution >= 4 is 6.08 Å². The molecular formula is C13H18O2. The van der Waals surface area contributed by atoms with Gasteiger partial charge >= 0.3 is 0 Å². The van der Waals surface area contributed by atoms with Gasteiger partial charge in [-0.3, -0.25) is 0 Å². The molecule has 2 nitrogen and oxygen atoms in total. The van der Waals surface area contributed by atoms with Crippen LogP contribution in [0.2, 0.25) is 0 Å². The number of aliphatic hydroxyl groups excluding tert-OH is 1. The maximum absolute atomic E-state index is 9.91. The van der Waals surface area contributed by atoms with Gasteiger partial charge in [0.05, 0.1) is 5.60 Å². The largest absolute Gasteiger partial charge is 0.396 e. The molecule has 0 spiro atoms. The van der Waals surface area contributed by atoms with Gasteiger partial charge in [0, 0.05) is 6.61 Å². The zero-order valence-corrected chi connectivity index (χ0v) is 9.06. The van der Waals surface area contributed by atoms with E-state index in [4.69, 9.17) is 5.11 Å². The van der Waals surface area contributed by atoms with Crippen molar-refractivity contribution in [2.24, 2.45) is 0 Å². The minimum Gasteiger partial charge on any atom is -0.396 e. The highest BCUT2D eigenvalue weighted by Gasteiger charge is 2.14. The fraction of sp³-hybridized carbons (Fsp3) is 0.385. The van der Waals surface area contributed by atoms with E-state index in [1.165, 1.54) is 0 Å². The lowest BCUT2D eigenvalue weighted by Crippen LogP contribution is -2.20. The van der Waals surface area contributed by atoms with Crippen molar-refractivity contribution in [3.8, 4) is 0 Å². The average Bonchev–Trinajstić information content (AvgIpc) is 2.25. The lowest BCUT2D eigenvalue weighted by molar-refractivity contribution is 0.0926. The molecule has 0 aliphatic rings. The van der Waals surface area contributed by atoms with Gasteiger partial charge in [0.2, 0.25) is 0 Å². The second-order valence-corrected chi connectivity index (χ2v) is 3.93. The van der Waals surface area contributed by atoms with Gasteiger partial charge in [-0.2, -0.15) is 0 Å². The van der Waals surface area contributed by atoms with E-state index < -0.39 is 5.60 Å². The van der Waals surface area contributed by atoms with Crippen LogP contribution in [0.3, 0.4) is 0 Å². The first-order valence-electron chi connectivity index (χ1n) is 5.21. The third-order valence-corrected chi connectivity index (χ3v) is 2.28. The van der Waals surface area contributed by atoms with Crippen molar-refractivity contribution in [3.05, 3.63) is 42.0 Å². The Morgan fingerprint density at radius 1 is 1.27 bits per heavy atom. The molecular weight excluding hydrogens is 188 g/mol. The van der Waals surface area contributed by atoms with E-state index in [9.17, 15) is 5.11 Å². The predicted octanol–water partition coefficient (Wildman–Crippen LogP) is 2.22. The summed E-state index contributed by atoms with van der Waals surface area (Å²) in [6.45, 7) is 1.87. The highest BCUT2D eigenvalue weighted by molar-refractivity contribution is 5.49. The topological polar surface area (TPSA) is 40.5 Å². The van der Waals surface area contributed by atoms with Gasteiger partial charge in [-0.1, -0.05) is 42.5 Å². The smallest absolute Gasteiger partial charge is 0.0803 e. The van der Waals surface area contributed by atoms with E-state index in [-0.39, 0.29) is 6.61 Å². The summed E-state index contributed by atoms with van der Waals surface area (Å²) < 4.78 is 0. The van der Waals surface area contributed by atoms with Crippen molar-refractivity contribution in [2.75, 3.05) is 6.61 Å². The molecule has 0 aliphatic heterocycles. The van der Waals surface area contributed by atoms with Crippen molar-refractivity contribution in [1.82, 2.24) is 0 Å². The van der Waals surface area contributed by atoms with Crippen molar-refractivity contribution in [1.29, 1.82) is 0 Å². The Hall–Kier alpha value is -1.12. The summed E-state index contributed by atoms with van der Waals surface area (Å²) in [5.74, 6) is 0. The molecule has 1 rings (SSSR count). The van der Waals surface area contributed by atoms with E-state index in [2.05, 4.69) is 0 Å². The molecule has 1 atom stereocenters. The lowest BCUT2D eigenvalue weighted by atomic mass is 9.99. The highest BCUT2D eigenvalue weighted by Crippen LogP contribution is 2.15. The molecule has 0 bridgehead atoms. The maximum Gasteiger partial charge on any atom is 0.0803 e. The predicted molar refractivity (Wildman–Crippen MR) is 62.4 cm³/mol. The normalized spacial score (nSPS) is 15.4. The Morgan fingerprint density at radius 3 is 2.53 bits per heavy atom.